The number of hydrogen-bond acceptors (Lipinski definition) is 5. The van der Waals surface area contributed by atoms with Crippen LogP contribution in [-0.4, -0.2) is 21.6 Å². The van der Waals surface area contributed by atoms with Crippen molar-refractivity contribution in [1.29, 1.82) is 0 Å². The zero-order valence-corrected chi connectivity index (χ0v) is 23.6. The molecule has 9 heteroatoms. The van der Waals surface area contributed by atoms with Gasteiger partial charge in [-0.15, -0.1) is 11.3 Å². The maximum Gasteiger partial charge on any atom is 0.271 e. The maximum atomic E-state index is 13.6. The number of rotatable bonds is 6. The third-order valence-electron chi connectivity index (χ3n) is 7.21. The Balaban J connectivity index is 1.51. The summed E-state index contributed by atoms with van der Waals surface area (Å²) < 4.78 is 1.84. The van der Waals surface area contributed by atoms with Crippen LogP contribution in [0.4, 0.5) is 16.4 Å². The molecule has 1 N–H and O–H groups in total. The van der Waals surface area contributed by atoms with E-state index in [1.54, 1.807) is 47.9 Å². The highest BCUT2D eigenvalue weighted by molar-refractivity contribution is 7.16. The van der Waals surface area contributed by atoms with E-state index >= 15 is 0 Å². The first-order valence-corrected chi connectivity index (χ1v) is 14.0. The third-order valence-corrected chi connectivity index (χ3v) is 8.63. The van der Waals surface area contributed by atoms with E-state index in [2.05, 4.69) is 26.1 Å². The molecule has 39 heavy (non-hydrogen) atoms. The standard InChI is InChI=1S/C30H29ClN4O3S/c1-30(2,3)19-9-14-25-26(16-19)39-29(27(25)28(36)33-21-12-10-20(31)11-13-21)32-18-24-8-5-15-34(24)22-6-4-7-23(17-22)35(37)38/h4-8,10-13,15,17-19H,9,14,16H2,1-3H3,(H,33,36)/t19-/m0/s1. The summed E-state index contributed by atoms with van der Waals surface area (Å²) in [6.45, 7) is 6.81. The van der Waals surface area contributed by atoms with Gasteiger partial charge in [0, 0.05) is 33.9 Å². The second-order valence-corrected chi connectivity index (χ2v) is 12.3. The molecule has 2 aromatic heterocycles. The summed E-state index contributed by atoms with van der Waals surface area (Å²) in [6.07, 6.45) is 6.33. The minimum atomic E-state index is -0.409. The van der Waals surface area contributed by atoms with Crippen molar-refractivity contribution in [3.05, 3.63) is 104 Å². The normalized spacial score (nSPS) is 15.3. The molecule has 0 bridgehead atoms. The molecule has 2 aromatic carbocycles. The van der Waals surface area contributed by atoms with Crippen LogP contribution < -0.4 is 5.32 Å². The van der Waals surface area contributed by atoms with E-state index in [1.165, 1.54) is 17.0 Å². The predicted octanol–water partition coefficient (Wildman–Crippen LogP) is 8.25. The lowest BCUT2D eigenvalue weighted by Gasteiger charge is -2.33. The average Bonchev–Trinajstić information content (AvgIpc) is 3.52. The van der Waals surface area contributed by atoms with Crippen molar-refractivity contribution in [1.82, 2.24) is 4.57 Å². The molecule has 0 saturated heterocycles. The molecule has 4 aromatic rings. The quantitative estimate of drug-likeness (QED) is 0.146. The van der Waals surface area contributed by atoms with Crippen molar-refractivity contribution in [2.24, 2.45) is 16.3 Å². The number of fused-ring (bicyclic) bond motifs is 1. The van der Waals surface area contributed by atoms with Crippen molar-refractivity contribution in [3.63, 3.8) is 0 Å². The van der Waals surface area contributed by atoms with Gasteiger partial charge < -0.3 is 9.88 Å². The Morgan fingerprint density at radius 1 is 1.18 bits per heavy atom. The maximum absolute atomic E-state index is 13.6. The van der Waals surface area contributed by atoms with Gasteiger partial charge in [0.1, 0.15) is 5.00 Å². The molecule has 0 unspecified atom stereocenters. The number of hydrogen-bond donors (Lipinski definition) is 1. The van der Waals surface area contributed by atoms with Crippen LogP contribution in [0.5, 0.6) is 0 Å². The molecule has 200 valence electrons. The highest BCUT2D eigenvalue weighted by Gasteiger charge is 2.33. The molecule has 7 nitrogen and oxygen atoms in total. The molecule has 0 fully saturated rings. The third kappa shape index (κ3) is 5.82. The van der Waals surface area contributed by atoms with Gasteiger partial charge >= 0.3 is 0 Å². The minimum Gasteiger partial charge on any atom is -0.322 e. The van der Waals surface area contributed by atoms with Crippen LogP contribution in [-0.2, 0) is 12.8 Å². The number of nitrogens with zero attached hydrogens (tertiary/aromatic N) is 3. The summed E-state index contributed by atoms with van der Waals surface area (Å²) in [5.74, 6) is 0.337. The van der Waals surface area contributed by atoms with Gasteiger partial charge in [0.2, 0.25) is 0 Å². The summed E-state index contributed by atoms with van der Waals surface area (Å²) in [6, 6.07) is 17.3. The van der Waals surface area contributed by atoms with E-state index in [0.29, 0.717) is 32.9 Å². The number of thiophene rings is 1. The number of nitro groups is 1. The van der Waals surface area contributed by atoms with Crippen LogP contribution in [0.1, 0.15) is 53.7 Å². The highest BCUT2D eigenvalue weighted by atomic mass is 35.5. The lowest BCUT2D eigenvalue weighted by atomic mass is 9.72. The lowest BCUT2D eigenvalue weighted by molar-refractivity contribution is -0.384. The van der Waals surface area contributed by atoms with Crippen LogP contribution in [0.15, 0.2) is 71.9 Å². The second-order valence-electron chi connectivity index (χ2n) is 10.8. The second kappa shape index (κ2) is 10.8. The van der Waals surface area contributed by atoms with Gasteiger partial charge in [-0.2, -0.15) is 0 Å². The largest absolute Gasteiger partial charge is 0.322 e. The first-order valence-electron chi connectivity index (χ1n) is 12.8. The van der Waals surface area contributed by atoms with Gasteiger partial charge in [-0.05, 0) is 78.6 Å². The van der Waals surface area contributed by atoms with E-state index in [-0.39, 0.29) is 17.0 Å². The Morgan fingerprint density at radius 3 is 2.67 bits per heavy atom. The number of aromatic nitrogens is 1. The molecule has 2 heterocycles. The summed E-state index contributed by atoms with van der Waals surface area (Å²) >= 11 is 7.60. The molecule has 0 radical (unpaired) electrons. The van der Waals surface area contributed by atoms with Gasteiger partial charge in [-0.1, -0.05) is 38.4 Å². The van der Waals surface area contributed by atoms with Crippen LogP contribution in [0.25, 0.3) is 5.69 Å². The smallest absolute Gasteiger partial charge is 0.271 e. The van der Waals surface area contributed by atoms with E-state index in [9.17, 15) is 14.9 Å². The van der Waals surface area contributed by atoms with Gasteiger partial charge in [0.15, 0.2) is 0 Å². The van der Waals surface area contributed by atoms with Crippen LogP contribution in [0.3, 0.4) is 0 Å². The predicted molar refractivity (Wildman–Crippen MR) is 158 cm³/mol. The first-order chi connectivity index (χ1) is 18.6. The molecular weight excluding hydrogens is 532 g/mol. The van der Waals surface area contributed by atoms with Gasteiger partial charge in [-0.3, -0.25) is 14.9 Å². The number of amides is 1. The fraction of sp³-hybridized carbons (Fsp3) is 0.267. The van der Waals surface area contributed by atoms with Crippen molar-refractivity contribution in [2.45, 2.75) is 40.0 Å². The summed E-state index contributed by atoms with van der Waals surface area (Å²) in [5, 5.41) is 15.6. The fourth-order valence-electron chi connectivity index (χ4n) is 4.98. The molecule has 0 saturated carbocycles. The number of carbonyl (C=O) groups is 1. The molecule has 1 aliphatic carbocycles. The minimum absolute atomic E-state index is 0.0181. The van der Waals surface area contributed by atoms with Gasteiger partial charge in [0.05, 0.1) is 28.1 Å². The number of aliphatic imine (C=N–C) groups is 1. The number of nitro benzene ring substituents is 1. The van der Waals surface area contributed by atoms with E-state index in [1.807, 2.05) is 29.0 Å². The molecule has 0 spiro atoms. The monoisotopic (exact) mass is 560 g/mol. The zero-order chi connectivity index (χ0) is 27.7. The number of non-ortho nitro benzene ring substituents is 1. The number of anilines is 1. The molecule has 1 atom stereocenters. The van der Waals surface area contributed by atoms with Crippen molar-refractivity contribution in [2.75, 3.05) is 5.32 Å². The highest BCUT2D eigenvalue weighted by Crippen LogP contribution is 2.45. The molecule has 1 amide bonds. The van der Waals surface area contributed by atoms with Crippen molar-refractivity contribution in [3.8, 4) is 5.69 Å². The Labute approximate surface area is 236 Å². The Hall–Kier alpha value is -3.75. The fourth-order valence-corrected chi connectivity index (χ4v) is 6.37. The number of halogens is 1. The van der Waals surface area contributed by atoms with Gasteiger partial charge in [0.25, 0.3) is 11.6 Å². The van der Waals surface area contributed by atoms with E-state index in [0.717, 1.165) is 30.5 Å². The SMILES string of the molecule is CC(C)(C)[C@H]1CCc2c(sc(N=Cc3cccn3-c3cccc([N+](=O)[O-])c3)c2C(=O)Nc2ccc(Cl)cc2)C1. The molecular formula is C30H29ClN4O3S. The topological polar surface area (TPSA) is 89.5 Å². The average molecular weight is 561 g/mol. The van der Waals surface area contributed by atoms with Crippen LogP contribution >= 0.6 is 22.9 Å². The van der Waals surface area contributed by atoms with Gasteiger partial charge in [-0.25, -0.2) is 4.99 Å². The molecule has 1 aliphatic rings. The first kappa shape index (κ1) is 26.8. The van der Waals surface area contributed by atoms with E-state index < -0.39 is 4.92 Å². The number of nitrogens with one attached hydrogen (secondary N) is 1. The Kier molecular flexibility index (Phi) is 7.42. The van der Waals surface area contributed by atoms with Crippen molar-refractivity contribution >= 4 is 51.4 Å². The van der Waals surface area contributed by atoms with Crippen LogP contribution in [0, 0.1) is 21.4 Å². The zero-order valence-electron chi connectivity index (χ0n) is 22.0. The summed E-state index contributed by atoms with van der Waals surface area (Å²) in [5.41, 5.74) is 3.96. The molecule has 0 aliphatic heterocycles. The van der Waals surface area contributed by atoms with Crippen LogP contribution in [0.2, 0.25) is 5.02 Å². The number of carbonyl (C=O) groups excluding carboxylic acids is 1. The Bertz CT molecular complexity index is 1560. The van der Waals surface area contributed by atoms with Crippen molar-refractivity contribution < 1.29 is 9.72 Å². The molecule has 5 rings (SSSR count). The summed E-state index contributed by atoms with van der Waals surface area (Å²) in [7, 11) is 0. The lowest BCUT2D eigenvalue weighted by Crippen LogP contribution is -2.27. The summed E-state index contributed by atoms with van der Waals surface area (Å²) in [4.78, 5) is 30.5. The number of benzene rings is 2. The van der Waals surface area contributed by atoms with E-state index in [4.69, 9.17) is 16.6 Å². The Morgan fingerprint density at radius 2 is 1.95 bits per heavy atom.